The molecule has 0 spiro atoms. The molecule has 2 rings (SSSR count). The zero-order valence-corrected chi connectivity index (χ0v) is 49.4. The molecule has 0 saturated carbocycles. The van der Waals surface area contributed by atoms with Crippen LogP contribution in [0.2, 0.25) is 0 Å². The molecule has 14 heteroatoms. The summed E-state index contributed by atoms with van der Waals surface area (Å²) in [6, 6.07) is -0.935. The maximum Gasteiger partial charge on any atom is 0.220 e. The van der Waals surface area contributed by atoms with Gasteiger partial charge >= 0.3 is 0 Å². The standard InChI is InChI=1S/C64H119NO13/c1-3-5-7-9-11-13-15-17-18-19-20-21-22-23-24-25-26-27-28-29-30-31-32-33-34-35-36-37-39-41-43-45-47-53(68)52(65-56(69)48-46-44-42-40-38-16-14-12-10-8-6-4-2)51-75-63-61(74)59(72)62(55(50-67)77-63)78-64-60(73)58(71)57(70)54(49-66)76-64/h12,14,37,39,45,47,52-55,57-64,66-68,70-74H,3-11,13,15-36,38,40-44,46,48-51H2,1-2H3,(H,65,69)/b14-12-,39-37+,47-45+. The highest BCUT2D eigenvalue weighted by Crippen LogP contribution is 2.30. The summed E-state index contributed by atoms with van der Waals surface area (Å²) in [6.45, 7) is 2.76. The topological polar surface area (TPSA) is 228 Å². The largest absolute Gasteiger partial charge is 0.394 e. The molecule has 0 aromatic carbocycles. The van der Waals surface area contributed by atoms with E-state index < -0.39 is 86.8 Å². The van der Waals surface area contributed by atoms with Gasteiger partial charge in [0, 0.05) is 6.42 Å². The van der Waals surface area contributed by atoms with Crippen molar-refractivity contribution in [1.82, 2.24) is 5.32 Å². The van der Waals surface area contributed by atoms with Crippen molar-refractivity contribution in [3.05, 3.63) is 36.5 Å². The Labute approximate surface area is 474 Å². The lowest BCUT2D eigenvalue weighted by Gasteiger charge is -2.46. The SMILES string of the molecule is CCCCC/C=C\CCCCCCCC(=O)NC(COC1OC(CO)C(OC2OC(CO)C(O)C(O)C2O)C(O)C1O)C(O)/C=C/CC/C=C/CCCCCCCCCCCCCCCCCCCCCCCCCCCC. The van der Waals surface area contributed by atoms with E-state index in [1.165, 1.54) is 186 Å². The van der Waals surface area contributed by atoms with E-state index in [9.17, 15) is 45.6 Å². The smallest absolute Gasteiger partial charge is 0.220 e. The van der Waals surface area contributed by atoms with E-state index in [0.717, 1.165) is 51.4 Å². The second kappa shape index (κ2) is 49.8. The molecular weight excluding hydrogens is 991 g/mol. The Morgan fingerprint density at radius 2 is 0.821 bits per heavy atom. The minimum atomic E-state index is -1.79. The molecule has 9 N–H and O–H groups in total. The summed E-state index contributed by atoms with van der Waals surface area (Å²) >= 11 is 0. The Morgan fingerprint density at radius 1 is 0.449 bits per heavy atom. The number of amides is 1. The van der Waals surface area contributed by atoms with Crippen molar-refractivity contribution < 1.29 is 64.6 Å². The first-order valence-electron chi connectivity index (χ1n) is 32.2. The van der Waals surface area contributed by atoms with Crippen LogP contribution < -0.4 is 5.32 Å². The van der Waals surface area contributed by atoms with Crippen molar-refractivity contribution in [2.45, 2.75) is 344 Å². The fourth-order valence-corrected chi connectivity index (χ4v) is 10.6. The summed E-state index contributed by atoms with van der Waals surface area (Å²) in [5.74, 6) is -0.258. The van der Waals surface area contributed by atoms with Gasteiger partial charge in [-0.15, -0.1) is 0 Å². The average Bonchev–Trinajstić information content (AvgIpc) is 3.44. The van der Waals surface area contributed by atoms with Gasteiger partial charge < -0.3 is 65.1 Å². The number of carbonyl (C=O) groups excluding carboxylic acids is 1. The molecule has 78 heavy (non-hydrogen) atoms. The first-order chi connectivity index (χ1) is 38.1. The third-order valence-corrected chi connectivity index (χ3v) is 15.8. The molecule has 2 aliphatic heterocycles. The van der Waals surface area contributed by atoms with E-state index in [4.69, 9.17) is 18.9 Å². The molecule has 0 aromatic rings. The summed E-state index contributed by atoms with van der Waals surface area (Å²) in [4.78, 5) is 13.2. The van der Waals surface area contributed by atoms with Crippen LogP contribution in [0.1, 0.15) is 271 Å². The Balaban J connectivity index is 1.66. The zero-order chi connectivity index (χ0) is 56.7. The lowest BCUT2D eigenvalue weighted by molar-refractivity contribution is -0.359. The summed E-state index contributed by atoms with van der Waals surface area (Å²) in [5, 5.41) is 87.0. The summed E-state index contributed by atoms with van der Waals surface area (Å²) in [5.41, 5.74) is 0. The maximum absolute atomic E-state index is 13.2. The van der Waals surface area contributed by atoms with Crippen molar-refractivity contribution in [3.63, 3.8) is 0 Å². The minimum absolute atomic E-state index is 0.258. The molecule has 0 aromatic heterocycles. The van der Waals surface area contributed by atoms with Crippen LogP contribution in [0.25, 0.3) is 0 Å². The van der Waals surface area contributed by atoms with Gasteiger partial charge in [-0.25, -0.2) is 0 Å². The lowest BCUT2D eigenvalue weighted by atomic mass is 9.97. The first-order valence-corrected chi connectivity index (χ1v) is 32.2. The van der Waals surface area contributed by atoms with Gasteiger partial charge in [-0.05, 0) is 57.8 Å². The highest BCUT2D eigenvalue weighted by Gasteiger charge is 2.51. The minimum Gasteiger partial charge on any atom is -0.394 e. The number of ether oxygens (including phenoxy) is 4. The fraction of sp³-hybridized carbons (Fsp3) is 0.891. The molecule has 12 unspecified atom stereocenters. The van der Waals surface area contributed by atoms with Gasteiger partial charge in [0.2, 0.25) is 5.91 Å². The normalized spacial score (nSPS) is 24.7. The van der Waals surface area contributed by atoms with Crippen molar-refractivity contribution in [1.29, 1.82) is 0 Å². The van der Waals surface area contributed by atoms with Crippen LogP contribution in [0.15, 0.2) is 36.5 Å². The molecule has 14 nitrogen and oxygen atoms in total. The van der Waals surface area contributed by atoms with Crippen molar-refractivity contribution in [3.8, 4) is 0 Å². The summed E-state index contributed by atoms with van der Waals surface area (Å²) < 4.78 is 22.7. The summed E-state index contributed by atoms with van der Waals surface area (Å²) in [6.07, 6.45) is 45.1. The van der Waals surface area contributed by atoms with E-state index in [1.54, 1.807) is 6.08 Å². The Morgan fingerprint density at radius 3 is 1.28 bits per heavy atom. The van der Waals surface area contributed by atoms with E-state index in [0.29, 0.717) is 12.8 Å². The molecular formula is C64H119NO13. The number of nitrogens with one attached hydrogen (secondary N) is 1. The molecule has 12 atom stereocenters. The zero-order valence-electron chi connectivity index (χ0n) is 49.4. The van der Waals surface area contributed by atoms with Crippen LogP contribution >= 0.6 is 0 Å². The number of aliphatic hydroxyl groups excluding tert-OH is 8. The van der Waals surface area contributed by atoms with Crippen molar-refractivity contribution >= 4 is 5.91 Å². The monoisotopic (exact) mass is 1110 g/mol. The Hall–Kier alpha value is -1.79. The number of hydrogen-bond acceptors (Lipinski definition) is 13. The van der Waals surface area contributed by atoms with E-state index in [1.807, 2.05) is 6.08 Å². The van der Waals surface area contributed by atoms with Crippen LogP contribution in [0, 0.1) is 0 Å². The number of unbranched alkanes of at least 4 members (excludes halogenated alkanes) is 35. The fourth-order valence-electron chi connectivity index (χ4n) is 10.6. The second-order valence-electron chi connectivity index (χ2n) is 22.9. The number of rotatable bonds is 52. The number of aliphatic hydroxyl groups is 8. The molecule has 1 amide bonds. The van der Waals surface area contributed by atoms with Crippen molar-refractivity contribution in [2.75, 3.05) is 19.8 Å². The average molecular weight is 1110 g/mol. The predicted octanol–water partition coefficient (Wildman–Crippen LogP) is 11.8. The predicted molar refractivity (Wildman–Crippen MR) is 314 cm³/mol. The Bertz CT molecular complexity index is 1450. The van der Waals surface area contributed by atoms with Gasteiger partial charge in [0.15, 0.2) is 12.6 Å². The highest BCUT2D eigenvalue weighted by atomic mass is 16.7. The second-order valence-corrected chi connectivity index (χ2v) is 22.9. The third kappa shape index (κ3) is 34.6. The van der Waals surface area contributed by atoms with Crippen LogP contribution in [0.5, 0.6) is 0 Å². The number of allylic oxidation sites excluding steroid dienone is 5. The van der Waals surface area contributed by atoms with Gasteiger partial charge in [0.05, 0.1) is 32.0 Å². The van der Waals surface area contributed by atoms with E-state index in [2.05, 4.69) is 43.5 Å². The first kappa shape index (κ1) is 72.3. The molecule has 0 radical (unpaired) electrons. The van der Waals surface area contributed by atoms with Crippen molar-refractivity contribution in [2.24, 2.45) is 0 Å². The third-order valence-electron chi connectivity index (χ3n) is 15.8. The molecule has 0 bridgehead atoms. The molecule has 2 heterocycles. The molecule has 0 aliphatic carbocycles. The van der Waals surface area contributed by atoms with Gasteiger partial charge in [-0.1, -0.05) is 243 Å². The molecule has 2 fully saturated rings. The molecule has 458 valence electrons. The van der Waals surface area contributed by atoms with E-state index >= 15 is 0 Å². The summed E-state index contributed by atoms with van der Waals surface area (Å²) in [7, 11) is 0. The van der Waals surface area contributed by atoms with Crippen LogP contribution in [0.4, 0.5) is 0 Å². The molecule has 2 saturated heterocycles. The lowest BCUT2D eigenvalue weighted by Crippen LogP contribution is -2.65. The van der Waals surface area contributed by atoms with Gasteiger partial charge in [-0.2, -0.15) is 0 Å². The van der Waals surface area contributed by atoms with Crippen LogP contribution in [-0.2, 0) is 23.7 Å². The van der Waals surface area contributed by atoms with Crippen LogP contribution in [0.3, 0.4) is 0 Å². The molecule has 2 aliphatic rings. The van der Waals surface area contributed by atoms with E-state index in [-0.39, 0.29) is 18.9 Å². The van der Waals surface area contributed by atoms with Gasteiger partial charge in [0.25, 0.3) is 0 Å². The van der Waals surface area contributed by atoms with Crippen LogP contribution in [-0.4, -0.2) is 140 Å². The number of carbonyl (C=O) groups is 1. The highest BCUT2D eigenvalue weighted by molar-refractivity contribution is 5.76. The maximum atomic E-state index is 13.2. The van der Waals surface area contributed by atoms with Gasteiger partial charge in [0.1, 0.15) is 48.8 Å². The Kier molecular flexibility index (Phi) is 46.2. The quantitative estimate of drug-likeness (QED) is 0.0204. The van der Waals surface area contributed by atoms with Gasteiger partial charge in [-0.3, -0.25) is 4.79 Å². The number of hydrogen-bond donors (Lipinski definition) is 9.